The molecule has 0 aliphatic carbocycles. The summed E-state index contributed by atoms with van der Waals surface area (Å²) in [5.41, 5.74) is 2.59. The number of hydrogen-bond acceptors (Lipinski definition) is 6. The molecule has 0 aliphatic rings. The number of anilines is 1. The first-order chi connectivity index (χ1) is 17.9. The Bertz CT molecular complexity index is 1410. The van der Waals surface area contributed by atoms with Gasteiger partial charge in [0.25, 0.3) is 5.91 Å². The number of hydroxylamine groups is 1. The van der Waals surface area contributed by atoms with Crippen molar-refractivity contribution in [2.24, 2.45) is 0 Å². The Hall–Kier alpha value is -4.34. The molecule has 2 amide bonds. The van der Waals surface area contributed by atoms with Gasteiger partial charge in [0.2, 0.25) is 0 Å². The van der Waals surface area contributed by atoms with Gasteiger partial charge in [0.1, 0.15) is 11.5 Å². The maximum Gasteiger partial charge on any atom is 0.412 e. The van der Waals surface area contributed by atoms with E-state index in [0.717, 1.165) is 10.5 Å². The topological polar surface area (TPSA) is 117 Å². The van der Waals surface area contributed by atoms with Gasteiger partial charge in [0.15, 0.2) is 12.2 Å². The fourth-order valence-electron chi connectivity index (χ4n) is 3.74. The molecule has 0 spiro atoms. The lowest BCUT2D eigenvalue weighted by molar-refractivity contribution is -0.124. The molecule has 9 heteroatoms. The van der Waals surface area contributed by atoms with E-state index in [-0.39, 0.29) is 5.75 Å². The van der Waals surface area contributed by atoms with Gasteiger partial charge in [0.05, 0.1) is 0 Å². The van der Waals surface area contributed by atoms with Crippen LogP contribution >= 0.6 is 15.9 Å². The Balaban J connectivity index is 1.77. The Morgan fingerprint density at radius 3 is 2.24 bits per heavy atom. The minimum absolute atomic E-state index is 0.0631. The zero-order chi connectivity index (χ0) is 26.2. The van der Waals surface area contributed by atoms with Crippen molar-refractivity contribution in [3.63, 3.8) is 0 Å². The number of para-hydroxylation sites is 1. The number of carbonyl (C=O) groups is 2. The summed E-state index contributed by atoms with van der Waals surface area (Å²) >= 11 is 3.36. The van der Waals surface area contributed by atoms with Gasteiger partial charge < -0.3 is 14.6 Å². The molecule has 0 fully saturated rings. The van der Waals surface area contributed by atoms with E-state index in [1.807, 2.05) is 6.07 Å². The van der Waals surface area contributed by atoms with Crippen LogP contribution in [0.25, 0.3) is 10.8 Å². The van der Waals surface area contributed by atoms with Crippen molar-refractivity contribution in [2.75, 3.05) is 5.32 Å². The van der Waals surface area contributed by atoms with Crippen molar-refractivity contribution >= 4 is 44.4 Å². The first kappa shape index (κ1) is 25.7. The van der Waals surface area contributed by atoms with Gasteiger partial charge in [-0.1, -0.05) is 64.5 Å². The summed E-state index contributed by atoms with van der Waals surface area (Å²) in [5.74, 6) is -0.255. The van der Waals surface area contributed by atoms with E-state index in [4.69, 9.17) is 14.7 Å². The number of fused-ring (bicyclic) bond motifs is 1. The summed E-state index contributed by atoms with van der Waals surface area (Å²) in [6, 6.07) is 26.1. The lowest BCUT2D eigenvalue weighted by Crippen LogP contribution is -2.30. The second-order valence-electron chi connectivity index (χ2n) is 7.91. The lowest BCUT2D eigenvalue weighted by Gasteiger charge is -2.27. The lowest BCUT2D eigenvalue weighted by atomic mass is 9.96. The van der Waals surface area contributed by atoms with Crippen molar-refractivity contribution in [2.45, 2.75) is 12.2 Å². The highest BCUT2D eigenvalue weighted by Crippen LogP contribution is 2.36. The Kier molecular flexibility index (Phi) is 8.40. The Morgan fingerprint density at radius 2 is 1.54 bits per heavy atom. The van der Waals surface area contributed by atoms with Gasteiger partial charge in [0, 0.05) is 27.2 Å². The number of phenols is 1. The average Bonchev–Trinajstić information content (AvgIpc) is 2.92. The number of phenolic OH excluding ortho intramolecular Hbond substituents is 1. The molecule has 188 valence electrons. The molecule has 0 unspecified atom stereocenters. The SMILES string of the molecule is O=C(/C=C/[C@@H](Oc1ccccc1)[C@H](OC(=O)Nc1ccc(Br)cc1)c1ccc(O)c2ccccc12)NO. The van der Waals surface area contributed by atoms with Crippen molar-refractivity contribution < 1.29 is 29.4 Å². The van der Waals surface area contributed by atoms with Gasteiger partial charge in [-0.05, 0) is 53.9 Å². The quantitative estimate of drug-likeness (QED) is 0.117. The van der Waals surface area contributed by atoms with E-state index in [9.17, 15) is 14.7 Å². The third-order valence-corrected chi connectivity index (χ3v) is 5.96. The molecule has 0 radical (unpaired) electrons. The van der Waals surface area contributed by atoms with E-state index < -0.39 is 24.2 Å². The van der Waals surface area contributed by atoms with E-state index in [2.05, 4.69) is 21.2 Å². The van der Waals surface area contributed by atoms with Crippen LogP contribution in [0.2, 0.25) is 0 Å². The van der Waals surface area contributed by atoms with Gasteiger partial charge in [-0.2, -0.15) is 0 Å². The molecule has 0 heterocycles. The molecule has 0 saturated carbocycles. The summed E-state index contributed by atoms with van der Waals surface area (Å²) in [6.45, 7) is 0. The van der Waals surface area contributed by atoms with E-state index in [1.54, 1.807) is 78.9 Å². The number of nitrogens with one attached hydrogen (secondary N) is 2. The van der Waals surface area contributed by atoms with Crippen LogP contribution in [0.1, 0.15) is 11.7 Å². The Morgan fingerprint density at radius 1 is 0.865 bits per heavy atom. The Labute approximate surface area is 221 Å². The van der Waals surface area contributed by atoms with Crippen molar-refractivity contribution in [3.8, 4) is 11.5 Å². The molecule has 0 saturated heterocycles. The van der Waals surface area contributed by atoms with E-state index >= 15 is 0 Å². The largest absolute Gasteiger partial charge is 0.507 e. The number of carbonyl (C=O) groups excluding carboxylic acids is 2. The highest BCUT2D eigenvalue weighted by Gasteiger charge is 2.30. The molecule has 8 nitrogen and oxygen atoms in total. The number of aromatic hydroxyl groups is 1. The second kappa shape index (κ2) is 12.1. The van der Waals surface area contributed by atoms with Gasteiger partial charge in [-0.15, -0.1) is 0 Å². The molecule has 2 atom stereocenters. The molecule has 4 aromatic carbocycles. The van der Waals surface area contributed by atoms with Crippen LogP contribution in [0.5, 0.6) is 11.5 Å². The predicted octanol–water partition coefficient (Wildman–Crippen LogP) is 6.11. The molecule has 0 aromatic heterocycles. The maximum absolute atomic E-state index is 13.0. The number of rotatable bonds is 8. The number of ether oxygens (including phenoxy) is 2. The number of hydrogen-bond donors (Lipinski definition) is 4. The van der Waals surface area contributed by atoms with E-state index in [1.165, 1.54) is 17.6 Å². The molecule has 4 aromatic rings. The average molecular weight is 563 g/mol. The summed E-state index contributed by atoms with van der Waals surface area (Å²) < 4.78 is 12.9. The van der Waals surface area contributed by atoms with Crippen molar-refractivity contribution in [3.05, 3.63) is 113 Å². The summed E-state index contributed by atoms with van der Waals surface area (Å²) in [4.78, 5) is 24.9. The normalized spacial score (nSPS) is 12.6. The van der Waals surface area contributed by atoms with Crippen LogP contribution in [0, 0.1) is 0 Å². The summed E-state index contributed by atoms with van der Waals surface area (Å²) in [7, 11) is 0. The van der Waals surface area contributed by atoms with Gasteiger partial charge in [-0.25, -0.2) is 10.3 Å². The van der Waals surface area contributed by atoms with Crippen LogP contribution in [0.15, 0.2) is 108 Å². The molecule has 37 heavy (non-hydrogen) atoms. The molecule has 0 aliphatic heterocycles. The standard InChI is InChI=1S/C28H23BrN2O6/c29-18-10-12-19(13-11-18)30-28(34)37-27(23-14-15-24(32)22-9-5-4-8-21(22)23)25(16-17-26(33)31-35)36-20-6-2-1-3-7-20/h1-17,25,27,32,35H,(H,30,34)(H,31,33)/b17-16+/t25-,27-/m1/s1. The predicted molar refractivity (Wildman–Crippen MR) is 143 cm³/mol. The van der Waals surface area contributed by atoms with E-state index in [0.29, 0.717) is 27.8 Å². The van der Waals surface area contributed by atoms with Crippen LogP contribution in [0.3, 0.4) is 0 Å². The maximum atomic E-state index is 13.0. The van der Waals surface area contributed by atoms with Gasteiger partial charge in [-0.3, -0.25) is 15.3 Å². The molecule has 4 N–H and O–H groups in total. The molecular weight excluding hydrogens is 540 g/mol. The number of benzene rings is 4. The fraction of sp³-hybridized carbons (Fsp3) is 0.0714. The molecular formula is C28H23BrN2O6. The zero-order valence-electron chi connectivity index (χ0n) is 19.4. The van der Waals surface area contributed by atoms with Crippen LogP contribution in [-0.2, 0) is 9.53 Å². The smallest absolute Gasteiger partial charge is 0.412 e. The van der Waals surface area contributed by atoms with Crippen molar-refractivity contribution in [1.29, 1.82) is 0 Å². The molecule has 4 rings (SSSR count). The number of amides is 2. The summed E-state index contributed by atoms with van der Waals surface area (Å²) in [6.07, 6.45) is -0.352. The first-order valence-electron chi connectivity index (χ1n) is 11.2. The highest BCUT2D eigenvalue weighted by atomic mass is 79.9. The van der Waals surface area contributed by atoms with Crippen LogP contribution in [-0.4, -0.2) is 28.4 Å². The molecule has 0 bridgehead atoms. The second-order valence-corrected chi connectivity index (χ2v) is 8.82. The summed E-state index contributed by atoms with van der Waals surface area (Å²) in [5, 5.41) is 23.3. The fourth-order valence-corrected chi connectivity index (χ4v) is 4.00. The first-order valence-corrected chi connectivity index (χ1v) is 12.0. The van der Waals surface area contributed by atoms with Crippen molar-refractivity contribution in [1.82, 2.24) is 5.48 Å². The third kappa shape index (κ3) is 6.66. The minimum Gasteiger partial charge on any atom is -0.507 e. The highest BCUT2D eigenvalue weighted by molar-refractivity contribution is 9.10. The van der Waals surface area contributed by atoms with Crippen LogP contribution < -0.4 is 15.5 Å². The van der Waals surface area contributed by atoms with Gasteiger partial charge >= 0.3 is 6.09 Å². The van der Waals surface area contributed by atoms with Crippen LogP contribution in [0.4, 0.5) is 10.5 Å². The minimum atomic E-state index is -1.07. The number of halogens is 1. The third-order valence-electron chi connectivity index (χ3n) is 5.43. The monoisotopic (exact) mass is 562 g/mol. The zero-order valence-corrected chi connectivity index (χ0v) is 21.0.